The number of aliphatic carboxylic acids is 1. The normalized spacial score (nSPS) is 11.2. The molecule has 1 aromatic carbocycles. The quantitative estimate of drug-likeness (QED) is 0.871. The molecule has 1 rings (SSSR count). The largest absolute Gasteiger partial charge is 0.481 e. The van der Waals surface area contributed by atoms with Crippen molar-refractivity contribution in [3.8, 4) is 0 Å². The molecule has 0 atom stereocenters. The lowest BCUT2D eigenvalue weighted by atomic mass is 9.83. The monoisotopic (exact) mass is 281 g/mol. The van der Waals surface area contributed by atoms with E-state index in [1.807, 2.05) is 0 Å². The average Bonchev–Trinajstić information content (AvgIpc) is 2.38. The Bertz CT molecular complexity index is 500. The first-order chi connectivity index (χ1) is 9.28. The van der Waals surface area contributed by atoms with Gasteiger partial charge in [-0.3, -0.25) is 9.59 Å². The summed E-state index contributed by atoms with van der Waals surface area (Å²) in [4.78, 5) is 24.6. The summed E-state index contributed by atoms with van der Waals surface area (Å²) in [5.41, 5.74) is -0.312. The molecule has 0 unspecified atom stereocenters. The second kappa shape index (κ2) is 6.50. The first-order valence-corrected chi connectivity index (χ1v) is 6.56. The number of hydrogen-bond donors (Lipinski definition) is 1. The molecule has 0 aliphatic rings. The molecule has 1 amide bonds. The molecule has 5 heteroatoms. The van der Waals surface area contributed by atoms with Gasteiger partial charge < -0.3 is 10.0 Å². The number of halogens is 1. The summed E-state index contributed by atoms with van der Waals surface area (Å²) in [5, 5.41) is 8.71. The van der Waals surface area contributed by atoms with E-state index in [2.05, 4.69) is 0 Å². The van der Waals surface area contributed by atoms with Gasteiger partial charge in [0.1, 0.15) is 5.82 Å². The highest BCUT2D eigenvalue weighted by Crippen LogP contribution is 2.26. The van der Waals surface area contributed by atoms with Crippen molar-refractivity contribution in [3.63, 3.8) is 0 Å². The number of hydrogen-bond acceptors (Lipinski definition) is 2. The molecule has 0 bridgehead atoms. The minimum absolute atomic E-state index is 0.0984. The van der Waals surface area contributed by atoms with Crippen molar-refractivity contribution < 1.29 is 19.1 Å². The molecule has 110 valence electrons. The fraction of sp³-hybridized carbons (Fsp3) is 0.467. The van der Waals surface area contributed by atoms with Crippen molar-refractivity contribution in [3.05, 3.63) is 35.6 Å². The SMILES string of the molecule is CCN(CCC(=O)O)C(=O)C(C)(C)c1cccc(F)c1. The van der Waals surface area contributed by atoms with Gasteiger partial charge in [0.25, 0.3) is 0 Å². The Morgan fingerprint density at radius 3 is 2.50 bits per heavy atom. The van der Waals surface area contributed by atoms with Gasteiger partial charge in [-0.1, -0.05) is 12.1 Å². The van der Waals surface area contributed by atoms with Gasteiger partial charge in [0, 0.05) is 13.1 Å². The summed E-state index contributed by atoms with van der Waals surface area (Å²) < 4.78 is 13.3. The van der Waals surface area contributed by atoms with Crippen molar-refractivity contribution >= 4 is 11.9 Å². The van der Waals surface area contributed by atoms with Gasteiger partial charge in [-0.25, -0.2) is 4.39 Å². The van der Waals surface area contributed by atoms with E-state index in [1.165, 1.54) is 17.0 Å². The molecular formula is C15H20FNO3. The third-order valence-electron chi connectivity index (χ3n) is 3.35. The van der Waals surface area contributed by atoms with Gasteiger partial charge in [0.2, 0.25) is 5.91 Å². The standard InChI is InChI=1S/C15H20FNO3/c1-4-17(9-8-13(18)19)14(20)15(2,3)11-6-5-7-12(16)10-11/h5-7,10H,4,8-9H2,1-3H3,(H,18,19). The summed E-state index contributed by atoms with van der Waals surface area (Å²) in [7, 11) is 0. The van der Waals surface area contributed by atoms with Crippen LogP contribution in [0.1, 0.15) is 32.8 Å². The Hall–Kier alpha value is -1.91. The number of rotatable bonds is 6. The van der Waals surface area contributed by atoms with E-state index in [9.17, 15) is 14.0 Å². The van der Waals surface area contributed by atoms with Crippen LogP contribution in [0.15, 0.2) is 24.3 Å². The third-order valence-corrected chi connectivity index (χ3v) is 3.35. The Morgan fingerprint density at radius 1 is 1.35 bits per heavy atom. The van der Waals surface area contributed by atoms with Crippen LogP contribution in [0.2, 0.25) is 0 Å². The molecule has 0 saturated heterocycles. The number of benzene rings is 1. The molecule has 0 aliphatic carbocycles. The number of carboxylic acids is 1. The topological polar surface area (TPSA) is 57.6 Å². The summed E-state index contributed by atoms with van der Waals surface area (Å²) in [5.74, 6) is -1.54. The molecule has 1 aromatic rings. The molecule has 0 radical (unpaired) electrons. The fourth-order valence-corrected chi connectivity index (χ4v) is 2.03. The van der Waals surface area contributed by atoms with Crippen LogP contribution in [0, 0.1) is 5.82 Å². The fourth-order valence-electron chi connectivity index (χ4n) is 2.03. The summed E-state index contributed by atoms with van der Waals surface area (Å²) in [6.07, 6.45) is -0.0984. The first kappa shape index (κ1) is 16.1. The molecule has 0 fully saturated rings. The Morgan fingerprint density at radius 2 is 2.00 bits per heavy atom. The Kier molecular flexibility index (Phi) is 5.25. The molecule has 20 heavy (non-hydrogen) atoms. The minimum Gasteiger partial charge on any atom is -0.481 e. The van der Waals surface area contributed by atoms with E-state index in [0.717, 1.165) is 0 Å². The zero-order valence-electron chi connectivity index (χ0n) is 12.0. The van der Waals surface area contributed by atoms with E-state index in [1.54, 1.807) is 32.9 Å². The maximum Gasteiger partial charge on any atom is 0.305 e. The van der Waals surface area contributed by atoms with Crippen LogP contribution >= 0.6 is 0 Å². The number of carbonyl (C=O) groups excluding carboxylic acids is 1. The van der Waals surface area contributed by atoms with E-state index in [0.29, 0.717) is 12.1 Å². The molecule has 0 heterocycles. The van der Waals surface area contributed by atoms with Gasteiger partial charge in [-0.05, 0) is 38.5 Å². The number of amides is 1. The second-order valence-corrected chi connectivity index (χ2v) is 5.16. The molecule has 1 N–H and O–H groups in total. The van der Waals surface area contributed by atoms with Gasteiger partial charge in [0.05, 0.1) is 11.8 Å². The lowest BCUT2D eigenvalue weighted by molar-refractivity contribution is -0.140. The van der Waals surface area contributed by atoms with Crippen molar-refractivity contribution in [1.29, 1.82) is 0 Å². The molecule has 0 spiro atoms. The average molecular weight is 281 g/mol. The predicted octanol–water partition coefficient (Wildman–Crippen LogP) is 2.43. The van der Waals surface area contributed by atoms with Gasteiger partial charge in [0.15, 0.2) is 0 Å². The maximum atomic E-state index is 13.3. The molecule has 4 nitrogen and oxygen atoms in total. The molecule has 0 saturated carbocycles. The zero-order chi connectivity index (χ0) is 15.3. The smallest absolute Gasteiger partial charge is 0.305 e. The number of likely N-dealkylation sites (N-methyl/N-ethyl adjacent to an activating group) is 1. The lowest BCUT2D eigenvalue weighted by Gasteiger charge is -2.31. The van der Waals surface area contributed by atoms with E-state index in [4.69, 9.17) is 5.11 Å². The summed E-state index contributed by atoms with van der Waals surface area (Å²) in [6, 6.07) is 5.92. The number of nitrogens with zero attached hydrogens (tertiary/aromatic N) is 1. The van der Waals surface area contributed by atoms with Crippen molar-refractivity contribution in [2.45, 2.75) is 32.6 Å². The molecular weight excluding hydrogens is 261 g/mol. The Labute approximate surface area is 118 Å². The van der Waals surface area contributed by atoms with Crippen LogP contribution in [-0.2, 0) is 15.0 Å². The van der Waals surface area contributed by atoms with E-state index >= 15 is 0 Å². The Balaban J connectivity index is 2.94. The van der Waals surface area contributed by atoms with Crippen LogP contribution < -0.4 is 0 Å². The van der Waals surface area contributed by atoms with Crippen LogP contribution in [0.3, 0.4) is 0 Å². The number of carbonyl (C=O) groups is 2. The minimum atomic E-state index is -0.945. The van der Waals surface area contributed by atoms with Crippen LogP contribution in [0.25, 0.3) is 0 Å². The summed E-state index contributed by atoms with van der Waals surface area (Å²) >= 11 is 0. The van der Waals surface area contributed by atoms with E-state index < -0.39 is 17.2 Å². The predicted molar refractivity (Wildman–Crippen MR) is 73.9 cm³/mol. The highest BCUT2D eigenvalue weighted by atomic mass is 19.1. The summed E-state index contributed by atoms with van der Waals surface area (Å²) in [6.45, 7) is 5.80. The van der Waals surface area contributed by atoms with Crippen LogP contribution in [-0.4, -0.2) is 35.0 Å². The van der Waals surface area contributed by atoms with Gasteiger partial charge in [-0.2, -0.15) is 0 Å². The lowest BCUT2D eigenvalue weighted by Crippen LogP contribution is -2.44. The number of carboxylic acid groups (broad SMARTS) is 1. The first-order valence-electron chi connectivity index (χ1n) is 6.56. The highest BCUT2D eigenvalue weighted by Gasteiger charge is 2.33. The van der Waals surface area contributed by atoms with Gasteiger partial charge >= 0.3 is 5.97 Å². The van der Waals surface area contributed by atoms with Crippen LogP contribution in [0.4, 0.5) is 4.39 Å². The van der Waals surface area contributed by atoms with Crippen molar-refractivity contribution in [2.75, 3.05) is 13.1 Å². The van der Waals surface area contributed by atoms with Crippen LogP contribution in [0.5, 0.6) is 0 Å². The molecule has 0 aromatic heterocycles. The molecule has 0 aliphatic heterocycles. The van der Waals surface area contributed by atoms with Crippen molar-refractivity contribution in [1.82, 2.24) is 4.90 Å². The maximum absolute atomic E-state index is 13.3. The van der Waals surface area contributed by atoms with Crippen molar-refractivity contribution in [2.24, 2.45) is 0 Å². The second-order valence-electron chi connectivity index (χ2n) is 5.16. The van der Waals surface area contributed by atoms with Gasteiger partial charge in [-0.15, -0.1) is 0 Å². The highest BCUT2D eigenvalue weighted by molar-refractivity contribution is 5.87. The third kappa shape index (κ3) is 3.79. The zero-order valence-corrected chi connectivity index (χ0v) is 12.0. The van der Waals surface area contributed by atoms with E-state index in [-0.39, 0.29) is 18.9 Å².